The third-order valence-corrected chi connectivity index (χ3v) is 3.77. The van der Waals surface area contributed by atoms with Gasteiger partial charge < -0.3 is 4.74 Å². The van der Waals surface area contributed by atoms with Crippen molar-refractivity contribution in [2.75, 3.05) is 20.2 Å². The molecule has 0 aromatic heterocycles. The van der Waals surface area contributed by atoms with E-state index in [0.717, 1.165) is 5.92 Å². The summed E-state index contributed by atoms with van der Waals surface area (Å²) in [7, 11) is 1.81. The summed E-state index contributed by atoms with van der Waals surface area (Å²) >= 11 is 0. The van der Waals surface area contributed by atoms with Gasteiger partial charge in [-0.1, -0.05) is 30.3 Å². The fourth-order valence-electron chi connectivity index (χ4n) is 2.96. The summed E-state index contributed by atoms with van der Waals surface area (Å²) in [5.41, 5.74) is 4.82. The molecule has 2 aliphatic heterocycles. The molecule has 2 bridgehead atoms. The Labute approximate surface area is 96.4 Å². The van der Waals surface area contributed by atoms with Crippen LogP contribution in [0.3, 0.4) is 0 Å². The first-order chi connectivity index (χ1) is 7.88. The van der Waals surface area contributed by atoms with E-state index in [1.165, 1.54) is 25.1 Å². The summed E-state index contributed by atoms with van der Waals surface area (Å²) in [5.74, 6) is 0.741. The van der Waals surface area contributed by atoms with Crippen molar-refractivity contribution in [3.63, 3.8) is 0 Å². The van der Waals surface area contributed by atoms with Crippen molar-refractivity contribution in [1.29, 1.82) is 0 Å². The van der Waals surface area contributed by atoms with Crippen molar-refractivity contribution in [3.05, 3.63) is 35.9 Å². The molecule has 4 unspecified atom stereocenters. The van der Waals surface area contributed by atoms with Crippen LogP contribution < -0.4 is 5.43 Å². The van der Waals surface area contributed by atoms with Crippen molar-refractivity contribution < 1.29 is 4.74 Å². The molecule has 2 heterocycles. The second-order valence-corrected chi connectivity index (χ2v) is 4.72. The van der Waals surface area contributed by atoms with Gasteiger partial charge in [-0.2, -0.15) is 0 Å². The van der Waals surface area contributed by atoms with E-state index in [4.69, 9.17) is 4.74 Å². The van der Waals surface area contributed by atoms with Crippen LogP contribution in [0.2, 0.25) is 0 Å². The molecule has 3 heteroatoms. The first kappa shape index (κ1) is 10.3. The monoisotopic (exact) mass is 218 g/mol. The zero-order chi connectivity index (χ0) is 11.0. The largest absolute Gasteiger partial charge is 0.375 e. The topological polar surface area (TPSA) is 24.5 Å². The van der Waals surface area contributed by atoms with Gasteiger partial charge in [0.1, 0.15) is 0 Å². The molecule has 0 aliphatic carbocycles. The van der Waals surface area contributed by atoms with Gasteiger partial charge >= 0.3 is 0 Å². The third kappa shape index (κ3) is 1.65. The Hall–Kier alpha value is -0.900. The van der Waals surface area contributed by atoms with Gasteiger partial charge in [0.15, 0.2) is 0 Å². The lowest BCUT2D eigenvalue weighted by Crippen LogP contribution is -2.44. The standard InChI is InChI=1S/C13H18N2O/c1-16-13(10-5-3-2-4-6-10)12-11-7-8-15(9-11)14-12/h2-6,11-14H,7-9H2,1H3. The molecule has 0 saturated carbocycles. The van der Waals surface area contributed by atoms with Gasteiger partial charge in [0.25, 0.3) is 0 Å². The van der Waals surface area contributed by atoms with E-state index in [0.29, 0.717) is 6.04 Å². The molecular weight excluding hydrogens is 200 g/mol. The lowest BCUT2D eigenvalue weighted by molar-refractivity contribution is 0.0386. The number of nitrogens with zero attached hydrogens (tertiary/aromatic N) is 1. The average molecular weight is 218 g/mol. The molecule has 1 aromatic carbocycles. The molecule has 4 atom stereocenters. The predicted molar refractivity (Wildman–Crippen MR) is 62.8 cm³/mol. The van der Waals surface area contributed by atoms with Crippen LogP contribution in [0.5, 0.6) is 0 Å². The number of hydrogen-bond acceptors (Lipinski definition) is 3. The molecule has 0 amide bonds. The predicted octanol–water partition coefficient (Wildman–Crippen LogP) is 1.58. The molecule has 86 valence electrons. The maximum absolute atomic E-state index is 5.68. The molecule has 2 saturated heterocycles. The van der Waals surface area contributed by atoms with Crippen molar-refractivity contribution >= 4 is 0 Å². The Kier molecular flexibility index (Phi) is 2.67. The fraction of sp³-hybridized carbons (Fsp3) is 0.538. The average Bonchev–Trinajstić information content (AvgIpc) is 2.94. The minimum Gasteiger partial charge on any atom is -0.375 e. The number of rotatable bonds is 3. The minimum atomic E-state index is 0.177. The molecular formula is C13H18N2O. The van der Waals surface area contributed by atoms with E-state index in [2.05, 4.69) is 34.7 Å². The van der Waals surface area contributed by atoms with E-state index >= 15 is 0 Å². The molecule has 0 radical (unpaired) electrons. The molecule has 1 aromatic rings. The van der Waals surface area contributed by atoms with E-state index in [-0.39, 0.29) is 6.10 Å². The Morgan fingerprint density at radius 2 is 2.19 bits per heavy atom. The smallest absolute Gasteiger partial charge is 0.0990 e. The van der Waals surface area contributed by atoms with Crippen LogP contribution in [-0.2, 0) is 4.74 Å². The Balaban J connectivity index is 1.81. The molecule has 0 spiro atoms. The summed E-state index contributed by atoms with van der Waals surface area (Å²) in [6.45, 7) is 2.36. The zero-order valence-corrected chi connectivity index (χ0v) is 9.60. The number of ether oxygens (including phenoxy) is 1. The molecule has 2 fully saturated rings. The maximum Gasteiger partial charge on any atom is 0.0990 e. The normalized spacial score (nSPS) is 34.2. The SMILES string of the molecule is COC(c1ccccc1)C1NN2CCC1C2. The third-order valence-electron chi connectivity index (χ3n) is 3.77. The van der Waals surface area contributed by atoms with Crippen LogP contribution in [0.1, 0.15) is 18.1 Å². The second-order valence-electron chi connectivity index (χ2n) is 4.72. The van der Waals surface area contributed by atoms with Crippen LogP contribution in [0.25, 0.3) is 0 Å². The summed E-state index contributed by atoms with van der Waals surface area (Å²) in [6, 6.07) is 11.0. The highest BCUT2D eigenvalue weighted by molar-refractivity contribution is 5.20. The Morgan fingerprint density at radius 1 is 1.38 bits per heavy atom. The summed E-state index contributed by atoms with van der Waals surface area (Å²) in [5, 5.41) is 2.32. The zero-order valence-electron chi connectivity index (χ0n) is 9.60. The first-order valence-electron chi connectivity index (χ1n) is 5.97. The van der Waals surface area contributed by atoms with Crippen LogP contribution in [-0.4, -0.2) is 31.3 Å². The van der Waals surface area contributed by atoms with Gasteiger partial charge in [-0.15, -0.1) is 0 Å². The van der Waals surface area contributed by atoms with Crippen LogP contribution in [0.4, 0.5) is 0 Å². The van der Waals surface area contributed by atoms with Crippen LogP contribution in [0.15, 0.2) is 30.3 Å². The Bertz CT molecular complexity index is 354. The maximum atomic E-state index is 5.68. The number of hydrogen-bond donors (Lipinski definition) is 1. The Morgan fingerprint density at radius 3 is 2.75 bits per heavy atom. The molecule has 1 N–H and O–H groups in total. The highest BCUT2D eigenvalue weighted by Crippen LogP contribution is 2.34. The highest BCUT2D eigenvalue weighted by Gasteiger charge is 2.42. The number of hydrazine groups is 1. The minimum absolute atomic E-state index is 0.177. The van der Waals surface area contributed by atoms with Gasteiger partial charge in [0.2, 0.25) is 0 Å². The van der Waals surface area contributed by atoms with Crippen molar-refractivity contribution in [3.8, 4) is 0 Å². The van der Waals surface area contributed by atoms with E-state index in [1.54, 1.807) is 7.11 Å². The van der Waals surface area contributed by atoms with Gasteiger partial charge in [-0.05, 0) is 17.9 Å². The van der Waals surface area contributed by atoms with Gasteiger partial charge in [0.05, 0.1) is 12.1 Å². The van der Waals surface area contributed by atoms with Crippen LogP contribution in [0, 0.1) is 5.92 Å². The quantitative estimate of drug-likeness (QED) is 0.833. The van der Waals surface area contributed by atoms with Crippen molar-refractivity contribution in [2.45, 2.75) is 18.6 Å². The molecule has 16 heavy (non-hydrogen) atoms. The van der Waals surface area contributed by atoms with E-state index in [9.17, 15) is 0 Å². The lowest BCUT2D eigenvalue weighted by atomic mass is 9.91. The second kappa shape index (κ2) is 4.17. The summed E-state index contributed by atoms with van der Waals surface area (Å²) in [4.78, 5) is 0. The first-order valence-corrected chi connectivity index (χ1v) is 5.97. The van der Waals surface area contributed by atoms with Crippen molar-refractivity contribution in [2.24, 2.45) is 5.92 Å². The molecule has 2 aliphatic rings. The van der Waals surface area contributed by atoms with Gasteiger partial charge in [-0.25, -0.2) is 10.4 Å². The number of benzene rings is 1. The molecule has 3 nitrogen and oxygen atoms in total. The van der Waals surface area contributed by atoms with E-state index in [1.807, 2.05) is 6.07 Å². The number of fused-ring (bicyclic) bond motifs is 2. The highest BCUT2D eigenvalue weighted by atomic mass is 16.5. The number of methoxy groups -OCH3 is 1. The van der Waals surface area contributed by atoms with Crippen molar-refractivity contribution in [1.82, 2.24) is 10.4 Å². The van der Waals surface area contributed by atoms with E-state index < -0.39 is 0 Å². The lowest BCUT2D eigenvalue weighted by Gasteiger charge is -2.30. The van der Waals surface area contributed by atoms with Gasteiger partial charge in [-0.3, -0.25) is 0 Å². The summed E-state index contributed by atoms with van der Waals surface area (Å²) in [6.07, 6.45) is 1.47. The van der Waals surface area contributed by atoms with Crippen LogP contribution >= 0.6 is 0 Å². The molecule has 3 rings (SSSR count). The summed E-state index contributed by atoms with van der Waals surface area (Å²) < 4.78 is 5.68. The fourth-order valence-corrected chi connectivity index (χ4v) is 2.96. The van der Waals surface area contributed by atoms with Gasteiger partial charge in [0, 0.05) is 20.2 Å². The number of nitrogens with one attached hydrogen (secondary N) is 1.